The van der Waals surface area contributed by atoms with E-state index in [2.05, 4.69) is 60.5 Å². The van der Waals surface area contributed by atoms with Crippen LogP contribution < -0.4 is 10.0 Å². The van der Waals surface area contributed by atoms with Crippen LogP contribution in [0.25, 0.3) is 11.3 Å². The van der Waals surface area contributed by atoms with E-state index in [1.165, 1.54) is 19.3 Å². The van der Waals surface area contributed by atoms with Crippen LogP contribution >= 0.6 is 0 Å². The van der Waals surface area contributed by atoms with Gasteiger partial charge >= 0.3 is 0 Å². The lowest BCUT2D eigenvalue weighted by Crippen LogP contribution is -2.39. The van der Waals surface area contributed by atoms with Gasteiger partial charge in [-0.1, -0.05) is 33.3 Å². The minimum absolute atomic E-state index is 0.00107. The van der Waals surface area contributed by atoms with E-state index in [1.807, 2.05) is 26.8 Å². The Morgan fingerprint density at radius 3 is 2.30 bits per heavy atom. The van der Waals surface area contributed by atoms with Crippen LogP contribution in [-0.2, 0) is 27.7 Å². The summed E-state index contributed by atoms with van der Waals surface area (Å²) in [5.74, 6) is 0.655. The average molecular weight is 528 g/mol. The third kappa shape index (κ3) is 6.73. The van der Waals surface area contributed by atoms with Gasteiger partial charge in [0.15, 0.2) is 0 Å². The Balaban J connectivity index is 1.74. The van der Waals surface area contributed by atoms with Crippen LogP contribution in [-0.4, -0.2) is 39.5 Å². The first-order valence-corrected chi connectivity index (χ1v) is 14.9. The van der Waals surface area contributed by atoms with Crippen LogP contribution in [0.1, 0.15) is 95.3 Å². The number of amides is 1. The molecule has 1 aromatic carbocycles. The predicted molar refractivity (Wildman–Crippen MR) is 151 cm³/mol. The zero-order valence-corrected chi connectivity index (χ0v) is 24.5. The molecule has 1 aliphatic heterocycles. The summed E-state index contributed by atoms with van der Waals surface area (Å²) in [6.07, 6.45) is 5.48. The number of hydrogen-bond acceptors (Lipinski definition) is 3. The molecule has 2 aliphatic rings. The lowest BCUT2D eigenvalue weighted by Gasteiger charge is -2.28. The van der Waals surface area contributed by atoms with Crippen molar-refractivity contribution in [2.75, 3.05) is 13.2 Å². The normalized spacial score (nSPS) is 18.5. The van der Waals surface area contributed by atoms with E-state index >= 15 is 0 Å². The van der Waals surface area contributed by atoms with E-state index in [0.717, 1.165) is 52.4 Å². The highest BCUT2D eigenvalue weighted by molar-refractivity contribution is 7.83. The van der Waals surface area contributed by atoms with E-state index in [4.69, 9.17) is 4.74 Å². The van der Waals surface area contributed by atoms with Gasteiger partial charge in [0.25, 0.3) is 5.91 Å². The van der Waals surface area contributed by atoms with E-state index in [-0.39, 0.29) is 22.9 Å². The van der Waals surface area contributed by atoms with Gasteiger partial charge in [0.2, 0.25) is 0 Å². The molecule has 1 saturated heterocycles. The molecule has 1 atom stereocenters. The fraction of sp³-hybridized carbons (Fsp3) is 0.633. The first kappa shape index (κ1) is 28.1. The van der Waals surface area contributed by atoms with Gasteiger partial charge in [-0.2, -0.15) is 0 Å². The van der Waals surface area contributed by atoms with Crippen LogP contribution in [0.3, 0.4) is 0 Å². The lowest BCUT2D eigenvalue weighted by atomic mass is 9.85. The Morgan fingerprint density at radius 1 is 1.05 bits per heavy atom. The summed E-state index contributed by atoms with van der Waals surface area (Å²) in [4.78, 5) is 14.2. The molecule has 1 aromatic heterocycles. The molecule has 7 heteroatoms. The molecule has 0 spiro atoms. The molecule has 2 N–H and O–H groups in total. The molecule has 2 aromatic rings. The Bertz CT molecular complexity index is 1150. The Morgan fingerprint density at radius 2 is 1.73 bits per heavy atom. The van der Waals surface area contributed by atoms with E-state index in [1.54, 1.807) is 0 Å². The molecule has 1 amide bonds. The predicted octanol–water partition coefficient (Wildman–Crippen LogP) is 5.88. The number of carbonyl (C=O) groups is 1. The van der Waals surface area contributed by atoms with Gasteiger partial charge in [-0.15, -0.1) is 0 Å². The monoisotopic (exact) mass is 527 g/mol. The van der Waals surface area contributed by atoms with Crippen molar-refractivity contribution >= 4 is 16.9 Å². The molecular weight excluding hydrogens is 482 g/mol. The van der Waals surface area contributed by atoms with Crippen LogP contribution in [0.15, 0.2) is 29.2 Å². The first-order chi connectivity index (χ1) is 17.3. The molecule has 204 valence electrons. The summed E-state index contributed by atoms with van der Waals surface area (Å²) in [6.45, 7) is 17.0. The summed E-state index contributed by atoms with van der Waals surface area (Å²) < 4.78 is 24.3. The molecule has 2 fully saturated rings. The summed E-state index contributed by atoms with van der Waals surface area (Å²) in [7, 11) is -1.32. The summed E-state index contributed by atoms with van der Waals surface area (Å²) in [5, 5.41) is 3.25. The van der Waals surface area contributed by atoms with Crippen molar-refractivity contribution < 1.29 is 13.7 Å². The second kappa shape index (κ2) is 11.0. The second-order valence-corrected chi connectivity index (χ2v) is 14.1. The molecule has 1 saturated carbocycles. The van der Waals surface area contributed by atoms with Crippen molar-refractivity contribution in [2.24, 2.45) is 5.92 Å². The van der Waals surface area contributed by atoms with Crippen molar-refractivity contribution in [1.29, 1.82) is 0 Å². The maximum Gasteiger partial charge on any atom is 0.253 e. The molecule has 4 rings (SSSR count). The van der Waals surface area contributed by atoms with Gasteiger partial charge in [0, 0.05) is 42.7 Å². The van der Waals surface area contributed by atoms with Crippen LogP contribution in [0.2, 0.25) is 0 Å². The molecule has 37 heavy (non-hydrogen) atoms. The minimum Gasteiger partial charge on any atom is -0.381 e. The standard InChI is InChI=1S/C30H45N3O3S/c1-20-24(28(34)31-23-13-15-36-16-14-23)18-26(33(20)19-21-9-8-10-21)22-11-12-27(25(17-22)29(2,3)4)37(35)32-30(5,6)7/h11-12,17-18,21,23,32H,8-10,13-16,19H2,1-7H3,(H,31,34). The number of nitrogens with one attached hydrogen (secondary N) is 2. The Hall–Kier alpha value is -1.96. The first-order valence-electron chi connectivity index (χ1n) is 13.8. The van der Waals surface area contributed by atoms with Crippen molar-refractivity contribution in [3.63, 3.8) is 0 Å². The van der Waals surface area contributed by atoms with Crippen molar-refractivity contribution in [1.82, 2.24) is 14.6 Å². The number of hydrogen-bond donors (Lipinski definition) is 2. The molecule has 0 bridgehead atoms. The van der Waals surface area contributed by atoms with Crippen LogP contribution in [0.4, 0.5) is 0 Å². The number of nitrogens with zero attached hydrogens (tertiary/aromatic N) is 1. The van der Waals surface area contributed by atoms with Crippen molar-refractivity contribution in [2.45, 2.75) is 109 Å². The van der Waals surface area contributed by atoms with Gasteiger partial charge in [0.05, 0.1) is 10.5 Å². The Labute approximate surface area is 225 Å². The van der Waals surface area contributed by atoms with Gasteiger partial charge in [0.1, 0.15) is 11.0 Å². The van der Waals surface area contributed by atoms with Crippen molar-refractivity contribution in [3.05, 3.63) is 41.1 Å². The average Bonchev–Trinajstić information content (AvgIpc) is 3.11. The topological polar surface area (TPSA) is 72.4 Å². The molecule has 6 nitrogen and oxygen atoms in total. The maximum absolute atomic E-state index is 13.4. The Kier molecular flexibility index (Phi) is 8.37. The smallest absolute Gasteiger partial charge is 0.253 e. The van der Waals surface area contributed by atoms with Gasteiger partial charge in [-0.05, 0) is 94.0 Å². The van der Waals surface area contributed by atoms with Crippen LogP contribution in [0.5, 0.6) is 0 Å². The van der Waals surface area contributed by atoms with E-state index in [9.17, 15) is 9.00 Å². The molecule has 1 aliphatic carbocycles. The van der Waals surface area contributed by atoms with E-state index in [0.29, 0.717) is 19.1 Å². The number of rotatable bonds is 7. The molecule has 2 heterocycles. The number of aromatic nitrogens is 1. The van der Waals surface area contributed by atoms with Gasteiger partial charge in [-0.25, -0.2) is 8.93 Å². The largest absolute Gasteiger partial charge is 0.381 e. The number of benzene rings is 1. The minimum atomic E-state index is -1.32. The van der Waals surface area contributed by atoms with E-state index < -0.39 is 11.0 Å². The highest BCUT2D eigenvalue weighted by Crippen LogP contribution is 2.36. The van der Waals surface area contributed by atoms with Gasteiger partial charge in [-0.3, -0.25) is 4.79 Å². The van der Waals surface area contributed by atoms with Crippen LogP contribution in [0, 0.1) is 12.8 Å². The third-order valence-electron chi connectivity index (χ3n) is 7.52. The maximum atomic E-state index is 13.4. The quantitative estimate of drug-likeness (QED) is 0.472. The van der Waals surface area contributed by atoms with Gasteiger partial charge < -0.3 is 14.6 Å². The van der Waals surface area contributed by atoms with Crippen molar-refractivity contribution in [3.8, 4) is 11.3 Å². The zero-order chi connectivity index (χ0) is 27.0. The molecule has 1 unspecified atom stereocenters. The highest BCUT2D eigenvalue weighted by Gasteiger charge is 2.28. The zero-order valence-electron chi connectivity index (χ0n) is 23.7. The summed E-state index contributed by atoms with van der Waals surface area (Å²) in [6, 6.07) is 8.48. The highest BCUT2D eigenvalue weighted by atomic mass is 32.2. The fourth-order valence-electron chi connectivity index (χ4n) is 5.16. The number of ether oxygens (including phenoxy) is 1. The summed E-state index contributed by atoms with van der Waals surface area (Å²) >= 11 is 0. The molecular formula is C30H45N3O3S. The lowest BCUT2D eigenvalue weighted by molar-refractivity contribution is 0.0696. The fourth-order valence-corrected chi connectivity index (χ4v) is 6.58. The summed E-state index contributed by atoms with van der Waals surface area (Å²) in [5.41, 5.74) is 4.50. The third-order valence-corrected chi connectivity index (χ3v) is 9.07. The second-order valence-electron chi connectivity index (χ2n) is 12.9. The molecule has 0 radical (unpaired) electrons. The SMILES string of the molecule is Cc1c(C(=O)NC2CCOCC2)cc(-c2ccc(S(=O)NC(C)(C)C)c(C(C)(C)C)c2)n1CC1CCC1. The number of carbonyl (C=O) groups excluding carboxylic acids is 1.